The lowest BCUT2D eigenvalue weighted by Crippen LogP contribution is -2.59. The smallest absolute Gasteiger partial charge is 0.263 e. The predicted octanol–water partition coefficient (Wildman–Crippen LogP) is 2.43. The zero-order chi connectivity index (χ0) is 15.6. The molecule has 0 saturated carbocycles. The van der Waals surface area contributed by atoms with Gasteiger partial charge in [0.25, 0.3) is 6.71 Å². The Morgan fingerprint density at radius 2 is 1.35 bits per heavy atom. The van der Waals surface area contributed by atoms with Gasteiger partial charge >= 0.3 is 0 Å². The number of hydrogen-bond donors (Lipinski definition) is 0. The van der Waals surface area contributed by atoms with Crippen LogP contribution in [0.1, 0.15) is 11.1 Å². The van der Waals surface area contributed by atoms with Crippen LogP contribution in [0.4, 0.5) is 0 Å². The molecule has 0 amide bonds. The van der Waals surface area contributed by atoms with Gasteiger partial charge in [-0.25, -0.2) is 4.98 Å². The molecule has 5 rings (SSSR count). The normalized spacial score (nSPS) is 13.4. The Kier molecular flexibility index (Phi) is 2.43. The van der Waals surface area contributed by atoms with Crippen molar-refractivity contribution in [3.05, 3.63) is 59.8 Å². The maximum absolute atomic E-state index is 6.14. The summed E-state index contributed by atoms with van der Waals surface area (Å²) in [6.07, 6.45) is 1.74. The molecule has 0 aliphatic carbocycles. The number of ether oxygens (including phenoxy) is 2. The van der Waals surface area contributed by atoms with Crippen molar-refractivity contribution in [2.75, 3.05) is 0 Å². The van der Waals surface area contributed by atoms with E-state index >= 15 is 0 Å². The van der Waals surface area contributed by atoms with E-state index in [0.717, 1.165) is 22.7 Å². The zero-order valence-corrected chi connectivity index (χ0v) is 13.0. The summed E-state index contributed by atoms with van der Waals surface area (Å²) in [7, 11) is 0. The van der Waals surface area contributed by atoms with Crippen LogP contribution in [0, 0.1) is 13.8 Å². The summed E-state index contributed by atoms with van der Waals surface area (Å²) in [5, 5.41) is 0. The Bertz CT molecular complexity index is 861. The maximum Gasteiger partial charge on any atom is 0.263 e. The summed E-state index contributed by atoms with van der Waals surface area (Å²) in [6.45, 7) is 4.39. The van der Waals surface area contributed by atoms with Crippen molar-refractivity contribution in [1.82, 2.24) is 4.98 Å². The minimum Gasteiger partial charge on any atom is -0.458 e. The third-order valence-corrected chi connectivity index (χ3v) is 4.77. The molecule has 0 atom stereocenters. The van der Waals surface area contributed by atoms with Gasteiger partial charge in [0.2, 0.25) is 5.88 Å². The Morgan fingerprint density at radius 1 is 0.739 bits per heavy atom. The fraction of sp³-hybridized carbons (Fsp3) is 0.105. The van der Waals surface area contributed by atoms with Crippen LogP contribution in [-0.2, 0) is 0 Å². The van der Waals surface area contributed by atoms with Gasteiger partial charge < -0.3 is 9.47 Å². The van der Waals surface area contributed by atoms with Crippen molar-refractivity contribution in [3.63, 3.8) is 0 Å². The first-order valence-corrected chi connectivity index (χ1v) is 7.77. The largest absolute Gasteiger partial charge is 0.458 e. The lowest BCUT2D eigenvalue weighted by Gasteiger charge is -2.33. The lowest BCUT2D eigenvalue weighted by atomic mass is 9.34. The average Bonchev–Trinajstić information content (AvgIpc) is 2.55. The van der Waals surface area contributed by atoms with Gasteiger partial charge in [-0.15, -0.1) is 0 Å². The van der Waals surface area contributed by atoms with Gasteiger partial charge in [0.05, 0.1) is 0 Å². The summed E-state index contributed by atoms with van der Waals surface area (Å²) >= 11 is 0. The van der Waals surface area contributed by atoms with Crippen LogP contribution in [0.25, 0.3) is 0 Å². The molecule has 3 nitrogen and oxygen atoms in total. The first kappa shape index (κ1) is 12.8. The van der Waals surface area contributed by atoms with E-state index in [1.165, 1.54) is 22.1 Å². The Labute approximate surface area is 135 Å². The molecule has 0 radical (unpaired) electrons. The Balaban J connectivity index is 1.91. The van der Waals surface area contributed by atoms with Crippen molar-refractivity contribution in [2.45, 2.75) is 13.8 Å². The number of aromatic nitrogens is 1. The summed E-state index contributed by atoms with van der Waals surface area (Å²) in [4.78, 5) is 4.44. The standard InChI is InChI=1S/C19H14BNO2/c1-11-5-3-7-13-16(11)20-17-12(2)6-4-8-14(17)23-19-18(20)15(22-13)9-10-21-19/h3-10H,1-2H3. The summed E-state index contributed by atoms with van der Waals surface area (Å²) in [5.41, 5.74) is 5.92. The van der Waals surface area contributed by atoms with E-state index in [4.69, 9.17) is 9.47 Å². The van der Waals surface area contributed by atoms with Crippen molar-refractivity contribution < 1.29 is 9.47 Å². The first-order valence-electron chi connectivity index (χ1n) is 7.77. The minimum atomic E-state index is 0.114. The molecule has 1 aromatic heterocycles. The lowest BCUT2D eigenvalue weighted by molar-refractivity contribution is 0.450. The van der Waals surface area contributed by atoms with Gasteiger partial charge in [-0.3, -0.25) is 0 Å². The van der Waals surface area contributed by atoms with Crippen LogP contribution < -0.4 is 25.9 Å². The van der Waals surface area contributed by atoms with Crippen LogP contribution in [0.3, 0.4) is 0 Å². The monoisotopic (exact) mass is 299 g/mol. The second kappa shape index (κ2) is 4.38. The second-order valence-electron chi connectivity index (χ2n) is 6.14. The molecule has 0 N–H and O–H groups in total. The summed E-state index contributed by atoms with van der Waals surface area (Å²) in [5.74, 6) is 3.31. The first-order chi connectivity index (χ1) is 11.2. The van der Waals surface area contributed by atoms with Crippen molar-refractivity contribution in [1.29, 1.82) is 0 Å². The molecule has 23 heavy (non-hydrogen) atoms. The number of aryl methyl sites for hydroxylation is 2. The van der Waals surface area contributed by atoms with E-state index in [1.54, 1.807) is 6.20 Å². The molecular formula is C19H14BNO2. The number of hydrogen-bond acceptors (Lipinski definition) is 3. The number of benzene rings is 2. The van der Waals surface area contributed by atoms with Gasteiger partial charge in [-0.05, 0) is 43.0 Å². The van der Waals surface area contributed by atoms with E-state index in [2.05, 4.69) is 31.0 Å². The molecule has 3 heterocycles. The third kappa shape index (κ3) is 1.63. The predicted molar refractivity (Wildman–Crippen MR) is 91.4 cm³/mol. The fourth-order valence-electron chi connectivity index (χ4n) is 3.75. The number of nitrogens with zero attached hydrogens (tertiary/aromatic N) is 1. The van der Waals surface area contributed by atoms with Gasteiger partial charge in [-0.1, -0.05) is 35.4 Å². The number of rotatable bonds is 0. The minimum absolute atomic E-state index is 0.114. The molecule has 0 spiro atoms. The second-order valence-corrected chi connectivity index (χ2v) is 6.14. The average molecular weight is 299 g/mol. The Hall–Kier alpha value is -2.75. The van der Waals surface area contributed by atoms with Gasteiger partial charge in [0, 0.05) is 11.7 Å². The van der Waals surface area contributed by atoms with Crippen LogP contribution in [0.15, 0.2) is 48.7 Å². The van der Waals surface area contributed by atoms with Crippen molar-refractivity contribution in [3.8, 4) is 23.1 Å². The molecule has 0 bridgehead atoms. The van der Waals surface area contributed by atoms with Crippen LogP contribution >= 0.6 is 0 Å². The van der Waals surface area contributed by atoms with E-state index < -0.39 is 0 Å². The molecule has 0 fully saturated rings. The molecule has 3 aromatic rings. The zero-order valence-electron chi connectivity index (χ0n) is 13.0. The van der Waals surface area contributed by atoms with E-state index in [-0.39, 0.29) is 6.71 Å². The van der Waals surface area contributed by atoms with E-state index in [0.29, 0.717) is 5.88 Å². The molecule has 2 aliphatic heterocycles. The molecule has 0 unspecified atom stereocenters. The summed E-state index contributed by atoms with van der Waals surface area (Å²) < 4.78 is 12.2. The van der Waals surface area contributed by atoms with Gasteiger partial charge in [0.15, 0.2) is 0 Å². The number of fused-ring (bicyclic) bond motifs is 4. The highest BCUT2D eigenvalue weighted by Crippen LogP contribution is 2.33. The highest BCUT2D eigenvalue weighted by atomic mass is 16.5. The van der Waals surface area contributed by atoms with Crippen molar-refractivity contribution in [2.24, 2.45) is 0 Å². The molecule has 4 heteroatoms. The molecule has 110 valence electrons. The highest BCUT2D eigenvalue weighted by molar-refractivity contribution is 6.98. The Morgan fingerprint density at radius 3 is 2.04 bits per heavy atom. The van der Waals surface area contributed by atoms with E-state index in [9.17, 15) is 0 Å². The van der Waals surface area contributed by atoms with Crippen LogP contribution in [-0.4, -0.2) is 11.7 Å². The topological polar surface area (TPSA) is 31.4 Å². The van der Waals surface area contributed by atoms with Crippen molar-refractivity contribution >= 4 is 23.1 Å². The highest BCUT2D eigenvalue weighted by Gasteiger charge is 2.42. The van der Waals surface area contributed by atoms with E-state index in [1.807, 2.05) is 30.3 Å². The number of pyridine rings is 1. The van der Waals surface area contributed by atoms with Gasteiger partial charge in [-0.2, -0.15) is 0 Å². The molecule has 2 aliphatic rings. The van der Waals surface area contributed by atoms with Gasteiger partial charge in [0.1, 0.15) is 17.2 Å². The molecular weight excluding hydrogens is 285 g/mol. The van der Waals surface area contributed by atoms with Crippen LogP contribution in [0.2, 0.25) is 0 Å². The van der Waals surface area contributed by atoms with Crippen LogP contribution in [0.5, 0.6) is 23.1 Å². The fourth-order valence-corrected chi connectivity index (χ4v) is 3.75. The third-order valence-electron chi connectivity index (χ3n) is 4.77. The summed E-state index contributed by atoms with van der Waals surface area (Å²) in [6, 6.07) is 14.3. The molecule has 0 saturated heterocycles. The maximum atomic E-state index is 6.14. The quantitative estimate of drug-likeness (QED) is 0.412. The SMILES string of the molecule is Cc1cccc2c1B1c3c(C)cccc3Oc3nccc(c31)O2. The molecule has 2 aromatic carbocycles.